The molecule has 4 nitrogen and oxygen atoms in total. The molecule has 0 saturated heterocycles. The highest BCUT2D eigenvalue weighted by Gasteiger charge is 2.13. The van der Waals surface area contributed by atoms with Crippen molar-refractivity contribution in [1.29, 1.82) is 0 Å². The molecule has 1 aromatic carbocycles. The number of anilines is 1. The average molecular weight is 269 g/mol. The van der Waals surface area contributed by atoms with Crippen molar-refractivity contribution in [1.82, 2.24) is 10.6 Å². The van der Waals surface area contributed by atoms with Gasteiger partial charge in [-0.05, 0) is 38.2 Å². The molecule has 0 aromatic heterocycles. The summed E-state index contributed by atoms with van der Waals surface area (Å²) in [7, 11) is 0. The zero-order valence-electron chi connectivity index (χ0n) is 10.3. The largest absolute Gasteiger partial charge is 0.355 e. The van der Waals surface area contributed by atoms with Crippen molar-refractivity contribution >= 4 is 28.9 Å². The van der Waals surface area contributed by atoms with E-state index in [0.29, 0.717) is 6.54 Å². The number of benzene rings is 1. The number of thiocarbonyl (C=S) groups is 1. The first-order valence-electron chi connectivity index (χ1n) is 5.64. The fourth-order valence-electron chi connectivity index (χ4n) is 1.31. The molecule has 3 N–H and O–H groups in total. The fourth-order valence-corrected chi connectivity index (χ4v) is 1.60. The number of carbonyl (C=O) groups excluding carboxylic acids is 1. The number of rotatable bonds is 4. The van der Waals surface area contributed by atoms with Gasteiger partial charge in [0, 0.05) is 6.54 Å². The van der Waals surface area contributed by atoms with Crippen LogP contribution in [0.3, 0.4) is 0 Å². The maximum absolute atomic E-state index is 13.3. The number of likely N-dealkylation sites (N-methyl/N-ethyl adjacent to an activating group) is 1. The van der Waals surface area contributed by atoms with Gasteiger partial charge in [-0.25, -0.2) is 4.39 Å². The lowest BCUT2D eigenvalue weighted by molar-refractivity contribution is -0.122. The predicted molar refractivity (Wildman–Crippen MR) is 73.9 cm³/mol. The second-order valence-corrected chi connectivity index (χ2v) is 4.10. The first kappa shape index (κ1) is 14.4. The highest BCUT2D eigenvalue weighted by molar-refractivity contribution is 7.80. The van der Waals surface area contributed by atoms with Crippen molar-refractivity contribution in [2.75, 3.05) is 11.9 Å². The highest BCUT2D eigenvalue weighted by Crippen LogP contribution is 2.11. The molecule has 0 fully saturated rings. The molecule has 0 bridgehead atoms. The summed E-state index contributed by atoms with van der Waals surface area (Å²) in [5.74, 6) is -0.553. The molecule has 0 heterocycles. The van der Waals surface area contributed by atoms with Crippen molar-refractivity contribution < 1.29 is 9.18 Å². The van der Waals surface area contributed by atoms with Gasteiger partial charge in [0.2, 0.25) is 5.91 Å². The van der Waals surface area contributed by atoms with Crippen LogP contribution in [0.25, 0.3) is 0 Å². The standard InChI is InChI=1S/C12H16FN3OS/c1-3-14-11(17)8(2)15-12(18)16-10-7-5-4-6-9(10)13/h4-8H,3H2,1-2H3,(H,14,17)(H2,15,16,18)/t8-/m1/s1. The molecule has 0 spiro atoms. The first-order chi connectivity index (χ1) is 8.54. The average Bonchev–Trinajstić information content (AvgIpc) is 2.32. The Hall–Kier alpha value is -1.69. The zero-order chi connectivity index (χ0) is 13.5. The lowest BCUT2D eigenvalue weighted by Gasteiger charge is -2.16. The van der Waals surface area contributed by atoms with Crippen molar-refractivity contribution in [2.45, 2.75) is 19.9 Å². The van der Waals surface area contributed by atoms with Crippen molar-refractivity contribution in [2.24, 2.45) is 0 Å². The summed E-state index contributed by atoms with van der Waals surface area (Å²) in [6.45, 7) is 4.07. The molecule has 1 amide bonds. The normalized spacial score (nSPS) is 11.5. The number of nitrogens with one attached hydrogen (secondary N) is 3. The maximum atomic E-state index is 13.3. The van der Waals surface area contributed by atoms with Crippen LogP contribution in [-0.2, 0) is 4.79 Å². The van der Waals surface area contributed by atoms with E-state index in [-0.39, 0.29) is 16.7 Å². The van der Waals surface area contributed by atoms with Gasteiger partial charge in [-0.15, -0.1) is 0 Å². The number of hydrogen-bond acceptors (Lipinski definition) is 2. The quantitative estimate of drug-likeness (QED) is 0.727. The summed E-state index contributed by atoms with van der Waals surface area (Å²) in [5.41, 5.74) is 0.276. The second kappa shape index (κ2) is 6.90. The van der Waals surface area contributed by atoms with Crippen LogP contribution >= 0.6 is 12.2 Å². The SMILES string of the molecule is CCNC(=O)[C@@H](C)NC(=S)Nc1ccccc1F. The Bertz CT molecular complexity index is 439. The Balaban J connectivity index is 2.52. The molecule has 1 atom stereocenters. The number of carbonyl (C=O) groups is 1. The van der Waals surface area contributed by atoms with Gasteiger partial charge in [0.15, 0.2) is 5.11 Å². The highest BCUT2D eigenvalue weighted by atomic mass is 32.1. The molecule has 0 saturated carbocycles. The minimum atomic E-state index is -0.475. The van der Waals surface area contributed by atoms with Crippen molar-refractivity contribution in [3.05, 3.63) is 30.1 Å². The van der Waals surface area contributed by atoms with E-state index in [0.717, 1.165) is 0 Å². The number of amides is 1. The summed E-state index contributed by atoms with van der Waals surface area (Å²) in [5, 5.41) is 8.36. The monoisotopic (exact) mass is 269 g/mol. The lowest BCUT2D eigenvalue weighted by atomic mass is 10.3. The van der Waals surface area contributed by atoms with Crippen molar-refractivity contribution in [3.8, 4) is 0 Å². The third kappa shape index (κ3) is 4.29. The molecular formula is C12H16FN3OS. The summed E-state index contributed by atoms with van der Waals surface area (Å²) in [6, 6.07) is 5.71. The Labute approximate surface area is 111 Å². The molecule has 0 aliphatic carbocycles. The zero-order valence-corrected chi connectivity index (χ0v) is 11.1. The molecule has 6 heteroatoms. The van der Waals surface area contributed by atoms with Crippen LogP contribution in [0.1, 0.15) is 13.8 Å². The molecule has 0 unspecified atom stereocenters. The van der Waals surface area contributed by atoms with Crippen LogP contribution in [0, 0.1) is 5.82 Å². The van der Waals surface area contributed by atoms with E-state index in [9.17, 15) is 9.18 Å². The van der Waals surface area contributed by atoms with E-state index in [4.69, 9.17) is 12.2 Å². The predicted octanol–water partition coefficient (Wildman–Crippen LogP) is 1.64. The van der Waals surface area contributed by atoms with E-state index < -0.39 is 11.9 Å². The molecule has 0 radical (unpaired) electrons. The fraction of sp³-hybridized carbons (Fsp3) is 0.333. The van der Waals surface area contributed by atoms with E-state index in [1.165, 1.54) is 6.07 Å². The van der Waals surface area contributed by atoms with Crippen molar-refractivity contribution in [3.63, 3.8) is 0 Å². The van der Waals surface area contributed by atoms with Crippen LogP contribution in [0.15, 0.2) is 24.3 Å². The summed E-state index contributed by atoms with van der Waals surface area (Å²) in [4.78, 5) is 11.5. The molecule has 1 aromatic rings. The smallest absolute Gasteiger partial charge is 0.242 e. The Morgan fingerprint density at radius 3 is 2.72 bits per heavy atom. The third-order valence-corrected chi connectivity index (χ3v) is 2.43. The van der Waals surface area contributed by atoms with Crippen LogP contribution in [0.2, 0.25) is 0 Å². The molecular weight excluding hydrogens is 253 g/mol. The minimum absolute atomic E-state index is 0.157. The van der Waals surface area contributed by atoms with E-state index in [1.54, 1.807) is 25.1 Å². The van der Waals surface area contributed by atoms with Gasteiger partial charge in [0.25, 0.3) is 0 Å². The van der Waals surface area contributed by atoms with E-state index in [2.05, 4.69) is 16.0 Å². The van der Waals surface area contributed by atoms with Crippen LogP contribution in [-0.4, -0.2) is 23.6 Å². The minimum Gasteiger partial charge on any atom is -0.355 e. The summed E-state index contributed by atoms with van der Waals surface area (Å²) >= 11 is 5.01. The molecule has 1 rings (SSSR count). The topological polar surface area (TPSA) is 53.2 Å². The summed E-state index contributed by atoms with van der Waals surface area (Å²) < 4.78 is 13.3. The van der Waals surface area contributed by atoms with Gasteiger partial charge in [-0.2, -0.15) is 0 Å². The first-order valence-corrected chi connectivity index (χ1v) is 6.05. The maximum Gasteiger partial charge on any atom is 0.242 e. The molecule has 18 heavy (non-hydrogen) atoms. The Kier molecular flexibility index (Phi) is 5.51. The summed E-state index contributed by atoms with van der Waals surface area (Å²) in [6.07, 6.45) is 0. The lowest BCUT2D eigenvalue weighted by Crippen LogP contribution is -2.46. The number of halogens is 1. The van der Waals surface area contributed by atoms with Gasteiger partial charge in [0.05, 0.1) is 5.69 Å². The number of hydrogen-bond donors (Lipinski definition) is 3. The van der Waals surface area contributed by atoms with Crippen LogP contribution in [0.4, 0.5) is 10.1 Å². The van der Waals surface area contributed by atoms with Gasteiger partial charge >= 0.3 is 0 Å². The third-order valence-electron chi connectivity index (χ3n) is 2.21. The Morgan fingerprint density at radius 1 is 1.44 bits per heavy atom. The van der Waals surface area contributed by atoms with Gasteiger partial charge in [-0.3, -0.25) is 4.79 Å². The van der Waals surface area contributed by atoms with Gasteiger partial charge < -0.3 is 16.0 Å². The molecule has 98 valence electrons. The second-order valence-electron chi connectivity index (χ2n) is 3.69. The molecule has 0 aliphatic heterocycles. The van der Waals surface area contributed by atoms with Gasteiger partial charge in [-0.1, -0.05) is 12.1 Å². The van der Waals surface area contributed by atoms with Gasteiger partial charge in [0.1, 0.15) is 11.9 Å². The van der Waals surface area contributed by atoms with E-state index >= 15 is 0 Å². The molecule has 0 aliphatic rings. The Morgan fingerprint density at radius 2 is 2.11 bits per heavy atom. The van der Waals surface area contributed by atoms with E-state index in [1.807, 2.05) is 6.92 Å². The number of para-hydroxylation sites is 1. The van der Waals surface area contributed by atoms with Crippen LogP contribution < -0.4 is 16.0 Å². The van der Waals surface area contributed by atoms with Crippen LogP contribution in [0.5, 0.6) is 0 Å².